The Kier molecular flexibility index (Phi) is 4.96. The molecule has 1 saturated heterocycles. The molecule has 8 heteroatoms. The summed E-state index contributed by atoms with van der Waals surface area (Å²) < 4.78 is 32.8. The summed E-state index contributed by atoms with van der Waals surface area (Å²) in [5.74, 6) is 0. The number of rotatable bonds is 3. The lowest BCUT2D eigenvalue weighted by molar-refractivity contribution is 0.0720. The molecule has 0 aromatic carbocycles. The van der Waals surface area contributed by atoms with E-state index in [0.717, 1.165) is 12.8 Å². The Morgan fingerprint density at radius 1 is 1.25 bits per heavy atom. The number of morpholine rings is 1. The molecule has 1 saturated carbocycles. The molecule has 0 spiro atoms. The van der Waals surface area contributed by atoms with Gasteiger partial charge in [-0.2, -0.15) is 17.4 Å². The maximum Gasteiger partial charge on any atom is 0.279 e. The average molecular weight is 272 g/mol. The molecule has 3 N–H and O–H groups in total. The van der Waals surface area contributed by atoms with Crippen molar-refractivity contribution in [3.63, 3.8) is 0 Å². The Morgan fingerprint density at radius 3 is 2.31 bits per heavy atom. The van der Waals surface area contributed by atoms with Gasteiger partial charge >= 0.3 is 0 Å². The van der Waals surface area contributed by atoms with E-state index in [1.807, 2.05) is 0 Å². The summed E-state index contributed by atoms with van der Waals surface area (Å²) in [7, 11) is -3.32. The average Bonchev–Trinajstić information content (AvgIpc) is 2.17. The van der Waals surface area contributed by atoms with Crippen LogP contribution in [0.4, 0.5) is 0 Å². The minimum absolute atomic E-state index is 0. The molecule has 0 amide bonds. The highest BCUT2D eigenvalue weighted by Gasteiger charge is 2.32. The lowest BCUT2D eigenvalue weighted by atomic mass is 9.89. The maximum absolute atomic E-state index is 11.8. The number of nitrogens with one attached hydrogen (secondary N) is 1. The van der Waals surface area contributed by atoms with Gasteiger partial charge in [-0.15, -0.1) is 12.4 Å². The first-order valence-corrected chi connectivity index (χ1v) is 6.62. The first-order valence-electron chi connectivity index (χ1n) is 5.18. The molecule has 1 aliphatic carbocycles. The summed E-state index contributed by atoms with van der Waals surface area (Å²) in [6.07, 6.45) is 1.48. The Morgan fingerprint density at radius 2 is 1.81 bits per heavy atom. The maximum atomic E-state index is 11.8. The molecule has 2 rings (SSSR count). The summed E-state index contributed by atoms with van der Waals surface area (Å²) in [6.45, 7) is 1.83. The molecule has 96 valence electrons. The van der Waals surface area contributed by atoms with E-state index in [-0.39, 0.29) is 24.5 Å². The van der Waals surface area contributed by atoms with Crippen molar-refractivity contribution in [3.05, 3.63) is 0 Å². The Hall–Kier alpha value is 0.0800. The second-order valence-electron chi connectivity index (χ2n) is 4.06. The first-order chi connectivity index (χ1) is 7.08. The minimum Gasteiger partial charge on any atom is -0.379 e. The van der Waals surface area contributed by atoms with Gasteiger partial charge in [0.05, 0.1) is 13.2 Å². The molecule has 0 radical (unpaired) electrons. The van der Waals surface area contributed by atoms with E-state index >= 15 is 0 Å². The normalized spacial score (nSPS) is 31.6. The van der Waals surface area contributed by atoms with Gasteiger partial charge < -0.3 is 10.5 Å². The van der Waals surface area contributed by atoms with Crippen LogP contribution in [0.5, 0.6) is 0 Å². The van der Waals surface area contributed by atoms with Crippen molar-refractivity contribution in [2.75, 3.05) is 26.3 Å². The fraction of sp³-hybridized carbons (Fsp3) is 1.00. The minimum atomic E-state index is -3.32. The fourth-order valence-electron chi connectivity index (χ4n) is 1.83. The van der Waals surface area contributed by atoms with Crippen molar-refractivity contribution in [2.24, 2.45) is 5.73 Å². The molecule has 2 fully saturated rings. The largest absolute Gasteiger partial charge is 0.379 e. The first kappa shape index (κ1) is 14.1. The zero-order valence-electron chi connectivity index (χ0n) is 8.96. The topological polar surface area (TPSA) is 84.7 Å². The molecule has 1 heterocycles. The molecule has 2 aliphatic rings. The highest BCUT2D eigenvalue weighted by molar-refractivity contribution is 7.87. The second kappa shape index (κ2) is 5.61. The number of nitrogens with zero attached hydrogens (tertiary/aromatic N) is 1. The van der Waals surface area contributed by atoms with E-state index in [9.17, 15) is 8.42 Å². The van der Waals surface area contributed by atoms with Crippen LogP contribution in [0.25, 0.3) is 0 Å². The van der Waals surface area contributed by atoms with Crippen LogP contribution in [0, 0.1) is 0 Å². The van der Waals surface area contributed by atoms with Gasteiger partial charge in [0.2, 0.25) is 0 Å². The number of hydrogen-bond acceptors (Lipinski definition) is 4. The molecule has 0 bridgehead atoms. The molecule has 16 heavy (non-hydrogen) atoms. The van der Waals surface area contributed by atoms with E-state index < -0.39 is 10.2 Å². The van der Waals surface area contributed by atoms with E-state index in [2.05, 4.69) is 4.72 Å². The molecule has 1 aliphatic heterocycles. The van der Waals surface area contributed by atoms with Gasteiger partial charge in [-0.25, -0.2) is 0 Å². The van der Waals surface area contributed by atoms with Gasteiger partial charge in [0, 0.05) is 25.2 Å². The molecule has 0 atom stereocenters. The predicted octanol–water partition coefficient (Wildman–Crippen LogP) is -0.935. The molecule has 0 aromatic heterocycles. The SMILES string of the molecule is Cl.NC1CC(NS(=O)(=O)N2CCOCC2)C1. The summed E-state index contributed by atoms with van der Waals surface area (Å²) in [6, 6.07) is 0.176. The van der Waals surface area contributed by atoms with Crippen LogP contribution in [0.2, 0.25) is 0 Å². The number of ether oxygens (including phenoxy) is 1. The van der Waals surface area contributed by atoms with Gasteiger partial charge in [0.1, 0.15) is 0 Å². The molecular weight excluding hydrogens is 254 g/mol. The Labute approximate surface area is 102 Å². The van der Waals surface area contributed by atoms with Crippen molar-refractivity contribution in [1.82, 2.24) is 9.03 Å². The Balaban J connectivity index is 0.00000128. The van der Waals surface area contributed by atoms with Crippen molar-refractivity contribution in [3.8, 4) is 0 Å². The van der Waals surface area contributed by atoms with Crippen molar-refractivity contribution in [2.45, 2.75) is 24.9 Å². The van der Waals surface area contributed by atoms with Crippen LogP contribution in [0.1, 0.15) is 12.8 Å². The quantitative estimate of drug-likeness (QED) is 0.694. The predicted molar refractivity (Wildman–Crippen MR) is 62.7 cm³/mol. The summed E-state index contributed by atoms with van der Waals surface area (Å²) in [5, 5.41) is 0. The van der Waals surface area contributed by atoms with Gasteiger partial charge in [-0.3, -0.25) is 0 Å². The van der Waals surface area contributed by atoms with Crippen LogP contribution >= 0.6 is 12.4 Å². The second-order valence-corrected chi connectivity index (χ2v) is 5.76. The fourth-order valence-corrected chi connectivity index (χ4v) is 3.22. The highest BCUT2D eigenvalue weighted by atomic mass is 35.5. The molecule has 0 unspecified atom stereocenters. The monoisotopic (exact) mass is 271 g/mol. The Bertz CT molecular complexity index is 312. The van der Waals surface area contributed by atoms with Crippen LogP contribution in [0.3, 0.4) is 0 Å². The van der Waals surface area contributed by atoms with Crippen molar-refractivity contribution >= 4 is 22.6 Å². The van der Waals surface area contributed by atoms with E-state index in [1.165, 1.54) is 4.31 Å². The van der Waals surface area contributed by atoms with Crippen LogP contribution in [-0.4, -0.2) is 51.1 Å². The van der Waals surface area contributed by atoms with Crippen molar-refractivity contribution < 1.29 is 13.2 Å². The molecule has 6 nitrogen and oxygen atoms in total. The molecular formula is C8H18ClN3O3S. The summed E-state index contributed by atoms with van der Waals surface area (Å²) in [5.41, 5.74) is 5.60. The third-order valence-electron chi connectivity index (χ3n) is 2.80. The number of halogens is 1. The third-order valence-corrected chi connectivity index (χ3v) is 4.48. The van der Waals surface area contributed by atoms with Crippen LogP contribution in [-0.2, 0) is 14.9 Å². The zero-order chi connectivity index (χ0) is 10.9. The lowest BCUT2D eigenvalue weighted by Gasteiger charge is -2.35. The smallest absolute Gasteiger partial charge is 0.279 e. The summed E-state index contributed by atoms with van der Waals surface area (Å²) in [4.78, 5) is 0. The van der Waals surface area contributed by atoms with Gasteiger partial charge in [-0.05, 0) is 12.8 Å². The zero-order valence-corrected chi connectivity index (χ0v) is 10.6. The van der Waals surface area contributed by atoms with Gasteiger partial charge in [0.15, 0.2) is 0 Å². The standard InChI is InChI=1S/C8H17N3O3S.ClH/c9-7-5-8(6-7)10-15(12,13)11-1-3-14-4-2-11;/h7-8,10H,1-6,9H2;1H. The van der Waals surface area contributed by atoms with E-state index in [0.29, 0.717) is 26.3 Å². The van der Waals surface area contributed by atoms with Gasteiger partial charge in [-0.1, -0.05) is 0 Å². The third kappa shape index (κ3) is 3.28. The van der Waals surface area contributed by atoms with E-state index in [4.69, 9.17) is 10.5 Å². The van der Waals surface area contributed by atoms with Crippen LogP contribution < -0.4 is 10.5 Å². The van der Waals surface area contributed by atoms with Crippen molar-refractivity contribution in [1.29, 1.82) is 0 Å². The van der Waals surface area contributed by atoms with E-state index in [1.54, 1.807) is 0 Å². The summed E-state index contributed by atoms with van der Waals surface area (Å²) >= 11 is 0. The number of hydrogen-bond donors (Lipinski definition) is 2. The van der Waals surface area contributed by atoms with Gasteiger partial charge in [0.25, 0.3) is 10.2 Å². The van der Waals surface area contributed by atoms with Crippen LogP contribution in [0.15, 0.2) is 0 Å². The lowest BCUT2D eigenvalue weighted by Crippen LogP contribution is -2.55. The molecule has 0 aromatic rings. The highest BCUT2D eigenvalue weighted by Crippen LogP contribution is 2.19. The number of nitrogens with two attached hydrogens (primary N) is 1.